The normalized spacial score (nSPS) is 14.4. The number of aromatic nitrogens is 4. The van der Waals surface area contributed by atoms with Gasteiger partial charge in [0.25, 0.3) is 0 Å². The summed E-state index contributed by atoms with van der Waals surface area (Å²) in [5.41, 5.74) is 0.961. The average molecular weight is 273 g/mol. The summed E-state index contributed by atoms with van der Waals surface area (Å²) in [6.07, 6.45) is 4.16. The van der Waals surface area contributed by atoms with E-state index in [1.54, 1.807) is 6.20 Å². The molecule has 3 rings (SSSR count). The second-order valence-electron chi connectivity index (χ2n) is 4.56. The molecule has 1 saturated carbocycles. The molecule has 0 radical (unpaired) electrons. The van der Waals surface area contributed by atoms with Crippen LogP contribution in [0.4, 0.5) is 5.82 Å². The maximum absolute atomic E-state index is 4.60. The fourth-order valence-electron chi connectivity index (χ4n) is 1.72. The van der Waals surface area contributed by atoms with Gasteiger partial charge in [-0.3, -0.25) is 0 Å². The number of rotatable bonds is 4. The second-order valence-corrected chi connectivity index (χ2v) is 5.54. The third-order valence-electron chi connectivity index (χ3n) is 2.89. The standard InChI is InChI=1S/C13H15N5S/c1-8-5-6-15-13(16-8)19-11-7-10(14-2)17-12(18-11)9-3-4-9/h5-7,9H,3-4H2,1-2H3,(H,14,17,18). The van der Waals surface area contributed by atoms with Crippen molar-refractivity contribution in [2.45, 2.75) is 35.9 Å². The van der Waals surface area contributed by atoms with Gasteiger partial charge in [0.1, 0.15) is 16.7 Å². The summed E-state index contributed by atoms with van der Waals surface area (Å²) < 4.78 is 0. The van der Waals surface area contributed by atoms with E-state index in [0.717, 1.165) is 27.5 Å². The Morgan fingerprint density at radius 1 is 1.26 bits per heavy atom. The molecular formula is C13H15N5S. The van der Waals surface area contributed by atoms with Gasteiger partial charge in [0.2, 0.25) is 0 Å². The number of nitrogens with one attached hydrogen (secondary N) is 1. The van der Waals surface area contributed by atoms with Gasteiger partial charge in [0.05, 0.1) is 0 Å². The van der Waals surface area contributed by atoms with E-state index in [1.807, 2.05) is 26.1 Å². The lowest BCUT2D eigenvalue weighted by Crippen LogP contribution is -2.00. The van der Waals surface area contributed by atoms with Gasteiger partial charge in [-0.1, -0.05) is 0 Å². The highest BCUT2D eigenvalue weighted by atomic mass is 32.2. The number of nitrogens with zero attached hydrogens (tertiary/aromatic N) is 4. The lowest BCUT2D eigenvalue weighted by Gasteiger charge is -2.06. The lowest BCUT2D eigenvalue weighted by molar-refractivity contribution is 0.872. The summed E-state index contributed by atoms with van der Waals surface area (Å²) >= 11 is 1.48. The molecule has 0 aliphatic heterocycles. The number of aryl methyl sites for hydroxylation is 1. The van der Waals surface area contributed by atoms with Gasteiger partial charge in [-0.25, -0.2) is 19.9 Å². The van der Waals surface area contributed by atoms with Crippen LogP contribution in [0.1, 0.15) is 30.3 Å². The first-order chi connectivity index (χ1) is 9.24. The van der Waals surface area contributed by atoms with Crippen molar-refractivity contribution in [3.63, 3.8) is 0 Å². The van der Waals surface area contributed by atoms with Crippen LogP contribution in [0.25, 0.3) is 0 Å². The molecule has 6 heteroatoms. The molecule has 0 saturated heterocycles. The average Bonchev–Trinajstić information content (AvgIpc) is 3.22. The molecule has 2 heterocycles. The van der Waals surface area contributed by atoms with Crippen molar-refractivity contribution < 1.29 is 0 Å². The fraction of sp³-hybridized carbons (Fsp3) is 0.385. The van der Waals surface area contributed by atoms with Crippen molar-refractivity contribution >= 4 is 17.6 Å². The highest BCUT2D eigenvalue weighted by molar-refractivity contribution is 7.99. The van der Waals surface area contributed by atoms with E-state index in [0.29, 0.717) is 5.92 Å². The van der Waals surface area contributed by atoms with Gasteiger partial charge in [0, 0.05) is 30.9 Å². The summed E-state index contributed by atoms with van der Waals surface area (Å²) in [4.78, 5) is 17.7. The maximum atomic E-state index is 4.60. The van der Waals surface area contributed by atoms with Gasteiger partial charge < -0.3 is 5.32 Å². The highest BCUT2D eigenvalue weighted by Crippen LogP contribution is 2.39. The Hall–Kier alpha value is -1.69. The first-order valence-corrected chi connectivity index (χ1v) is 7.10. The molecule has 0 spiro atoms. The largest absolute Gasteiger partial charge is 0.373 e. The molecule has 0 bridgehead atoms. The van der Waals surface area contributed by atoms with Gasteiger partial charge in [-0.15, -0.1) is 0 Å². The van der Waals surface area contributed by atoms with Crippen LogP contribution in [-0.4, -0.2) is 27.0 Å². The van der Waals surface area contributed by atoms with E-state index >= 15 is 0 Å². The quantitative estimate of drug-likeness (QED) is 0.682. The minimum atomic E-state index is 0.533. The highest BCUT2D eigenvalue weighted by Gasteiger charge is 2.27. The Bertz CT molecular complexity index is 597. The minimum Gasteiger partial charge on any atom is -0.373 e. The van der Waals surface area contributed by atoms with Crippen LogP contribution >= 0.6 is 11.8 Å². The van der Waals surface area contributed by atoms with Crippen molar-refractivity contribution in [2.24, 2.45) is 0 Å². The van der Waals surface area contributed by atoms with Crippen LogP contribution in [0, 0.1) is 6.92 Å². The van der Waals surface area contributed by atoms with Crippen molar-refractivity contribution in [3.8, 4) is 0 Å². The van der Waals surface area contributed by atoms with Crippen LogP contribution in [0.5, 0.6) is 0 Å². The number of hydrogen-bond acceptors (Lipinski definition) is 6. The van der Waals surface area contributed by atoms with Crippen LogP contribution in [0.15, 0.2) is 28.5 Å². The van der Waals surface area contributed by atoms with Gasteiger partial charge in [-0.05, 0) is 37.6 Å². The zero-order valence-corrected chi connectivity index (χ0v) is 11.7. The van der Waals surface area contributed by atoms with E-state index in [2.05, 4.69) is 25.3 Å². The molecule has 0 amide bonds. The SMILES string of the molecule is CNc1cc(Sc2nccc(C)n2)nc(C2CC2)n1. The van der Waals surface area contributed by atoms with E-state index in [4.69, 9.17) is 0 Å². The third kappa shape index (κ3) is 3.01. The molecule has 1 aliphatic carbocycles. The first-order valence-electron chi connectivity index (χ1n) is 6.29. The lowest BCUT2D eigenvalue weighted by atomic mass is 10.4. The van der Waals surface area contributed by atoms with Crippen molar-refractivity contribution in [1.82, 2.24) is 19.9 Å². The van der Waals surface area contributed by atoms with E-state index in [-0.39, 0.29) is 0 Å². The van der Waals surface area contributed by atoms with Gasteiger partial charge >= 0.3 is 0 Å². The zero-order chi connectivity index (χ0) is 13.2. The molecule has 2 aromatic rings. The second kappa shape index (κ2) is 5.13. The summed E-state index contributed by atoms with van der Waals surface area (Å²) in [6, 6.07) is 3.82. The van der Waals surface area contributed by atoms with E-state index < -0.39 is 0 Å². The Morgan fingerprint density at radius 3 is 2.79 bits per heavy atom. The number of anilines is 1. The Kier molecular flexibility index (Phi) is 3.33. The van der Waals surface area contributed by atoms with Crippen LogP contribution in [0.3, 0.4) is 0 Å². The molecule has 1 aliphatic rings. The summed E-state index contributed by atoms with van der Waals surface area (Å²) in [6.45, 7) is 1.96. The molecule has 98 valence electrons. The molecule has 5 nitrogen and oxygen atoms in total. The Labute approximate surface area is 116 Å². The molecular weight excluding hydrogens is 258 g/mol. The molecule has 19 heavy (non-hydrogen) atoms. The molecule has 1 fully saturated rings. The summed E-state index contributed by atoms with van der Waals surface area (Å²) in [7, 11) is 1.87. The van der Waals surface area contributed by atoms with Crippen LogP contribution in [-0.2, 0) is 0 Å². The third-order valence-corrected chi connectivity index (χ3v) is 3.68. The maximum Gasteiger partial charge on any atom is 0.194 e. The van der Waals surface area contributed by atoms with E-state index in [1.165, 1.54) is 24.6 Å². The summed E-state index contributed by atoms with van der Waals surface area (Å²) in [5.74, 6) is 2.32. The Balaban J connectivity index is 1.89. The van der Waals surface area contributed by atoms with Crippen LogP contribution < -0.4 is 5.32 Å². The first kappa shape index (κ1) is 12.3. The van der Waals surface area contributed by atoms with E-state index in [9.17, 15) is 0 Å². The predicted octanol–water partition coefficient (Wildman–Crippen LogP) is 2.65. The summed E-state index contributed by atoms with van der Waals surface area (Å²) in [5, 5.41) is 4.70. The van der Waals surface area contributed by atoms with Crippen molar-refractivity contribution in [1.29, 1.82) is 0 Å². The van der Waals surface area contributed by atoms with Crippen LogP contribution in [0.2, 0.25) is 0 Å². The molecule has 0 unspecified atom stereocenters. The monoisotopic (exact) mass is 273 g/mol. The molecule has 1 N–H and O–H groups in total. The molecule has 0 atom stereocenters. The van der Waals surface area contributed by atoms with Gasteiger partial charge in [0.15, 0.2) is 5.16 Å². The minimum absolute atomic E-state index is 0.533. The topological polar surface area (TPSA) is 63.6 Å². The zero-order valence-electron chi connectivity index (χ0n) is 10.9. The molecule has 2 aromatic heterocycles. The smallest absolute Gasteiger partial charge is 0.194 e. The Morgan fingerprint density at radius 2 is 2.11 bits per heavy atom. The van der Waals surface area contributed by atoms with Crippen molar-refractivity contribution in [3.05, 3.63) is 29.8 Å². The molecule has 0 aromatic carbocycles. The fourth-order valence-corrected chi connectivity index (χ4v) is 2.52. The number of hydrogen-bond donors (Lipinski definition) is 1. The van der Waals surface area contributed by atoms with Gasteiger partial charge in [-0.2, -0.15) is 0 Å². The predicted molar refractivity (Wildman–Crippen MR) is 74.4 cm³/mol. The van der Waals surface area contributed by atoms with Crippen molar-refractivity contribution in [2.75, 3.05) is 12.4 Å².